The van der Waals surface area contributed by atoms with E-state index < -0.39 is 35.3 Å². The average Bonchev–Trinajstić information content (AvgIpc) is 4.07. The molecule has 1 saturated carbocycles. The molecular formula is C56H81N6O9+. The van der Waals surface area contributed by atoms with Gasteiger partial charge in [0.15, 0.2) is 28.8 Å². The van der Waals surface area contributed by atoms with Gasteiger partial charge in [0.05, 0.1) is 31.0 Å². The van der Waals surface area contributed by atoms with Gasteiger partial charge in [-0.2, -0.15) is 0 Å². The molecule has 3 aromatic carbocycles. The van der Waals surface area contributed by atoms with E-state index in [0.29, 0.717) is 74.5 Å². The lowest BCUT2D eigenvalue weighted by molar-refractivity contribution is -0.940. The first-order chi connectivity index (χ1) is 33.4. The number of ether oxygens (including phenoxy) is 3. The summed E-state index contributed by atoms with van der Waals surface area (Å²) in [7, 11) is 0. The zero-order valence-corrected chi connectivity index (χ0v) is 42.1. The third kappa shape index (κ3) is 18.7. The number of morpholine rings is 1. The normalized spacial score (nSPS) is 16.6. The fraction of sp³-hybridized carbons (Fsp3) is 0.536. The number of esters is 1. The molecule has 15 heteroatoms. The van der Waals surface area contributed by atoms with Crippen LogP contribution in [0.1, 0.15) is 111 Å². The molecule has 15 nitrogen and oxygen atoms in total. The molecule has 0 bridgehead atoms. The number of hydrogen-bond donors (Lipinski definition) is 5. The summed E-state index contributed by atoms with van der Waals surface area (Å²) in [6.07, 6.45) is 4.80. The van der Waals surface area contributed by atoms with Gasteiger partial charge in [0, 0.05) is 48.8 Å². The molecule has 4 atom stereocenters. The number of carbonyl (C=O) groups excluding carboxylic acids is 6. The van der Waals surface area contributed by atoms with Crippen LogP contribution in [0.5, 0.6) is 11.5 Å². The minimum atomic E-state index is -0.909. The van der Waals surface area contributed by atoms with E-state index in [0.717, 1.165) is 29.5 Å². The predicted molar refractivity (Wildman–Crippen MR) is 275 cm³/mol. The molecular weight excluding hydrogens is 901 g/mol. The standard InChI is InChI=1S/C55H76N6O9.CH4/c1-37(2)27-47(49(64)32-44(29-41-15-11-8-12-16-41)54(67)60-48(28-38(3)4)52(65)55(6)21-22-55)59-53(66)43(19-17-40-13-9-7-10-14-40)31-46(63)35-61(23-25-68-26-24-61)34-42-18-20-50(70-39(5)62)51(30-42)69-36-45(56)33-58-57;/h7-16,18,20,30,33,37-38,43-44,47-48,58H,17,19,21-29,31-32,34-36,56-57H2,1-6H3,(H-,59,60,66,67);1H4/p+1/b45-33-;/t43-,44-,47+,48+;/m1./s1. The summed E-state index contributed by atoms with van der Waals surface area (Å²) in [6, 6.07) is 23.0. The fourth-order valence-corrected chi connectivity index (χ4v) is 9.25. The van der Waals surface area contributed by atoms with E-state index >= 15 is 0 Å². The Morgan fingerprint density at radius 3 is 1.96 bits per heavy atom. The average molecular weight is 982 g/mol. The molecule has 0 unspecified atom stereocenters. The van der Waals surface area contributed by atoms with Crippen molar-refractivity contribution >= 4 is 35.1 Å². The van der Waals surface area contributed by atoms with E-state index in [1.807, 2.05) is 101 Å². The zero-order valence-electron chi connectivity index (χ0n) is 42.1. The number of ketones is 3. The van der Waals surface area contributed by atoms with E-state index in [2.05, 4.69) is 16.1 Å². The number of nitrogens with one attached hydrogen (secondary N) is 3. The summed E-state index contributed by atoms with van der Waals surface area (Å²) < 4.78 is 17.5. The van der Waals surface area contributed by atoms with Crippen LogP contribution in [0.15, 0.2) is 90.8 Å². The first-order valence-electron chi connectivity index (χ1n) is 24.9. The van der Waals surface area contributed by atoms with Gasteiger partial charge in [-0.1, -0.05) is 103 Å². The van der Waals surface area contributed by atoms with Gasteiger partial charge < -0.3 is 40.5 Å². The Kier molecular flexibility index (Phi) is 22.4. The Morgan fingerprint density at radius 1 is 0.775 bits per heavy atom. The van der Waals surface area contributed by atoms with Crippen LogP contribution in [0.25, 0.3) is 0 Å². The van der Waals surface area contributed by atoms with Crippen molar-refractivity contribution in [3.63, 3.8) is 0 Å². The number of aryl methyl sites for hydroxylation is 1. The van der Waals surface area contributed by atoms with Crippen molar-refractivity contribution in [3.8, 4) is 11.5 Å². The van der Waals surface area contributed by atoms with Crippen LogP contribution in [0.3, 0.4) is 0 Å². The molecule has 0 radical (unpaired) electrons. The van der Waals surface area contributed by atoms with Crippen LogP contribution in [0, 0.1) is 29.1 Å². The number of quaternary nitrogens is 1. The van der Waals surface area contributed by atoms with Crippen LogP contribution in [0.4, 0.5) is 0 Å². The van der Waals surface area contributed by atoms with Gasteiger partial charge in [-0.25, -0.2) is 0 Å². The van der Waals surface area contributed by atoms with Crippen molar-refractivity contribution < 1.29 is 47.5 Å². The summed E-state index contributed by atoms with van der Waals surface area (Å²) >= 11 is 0. The summed E-state index contributed by atoms with van der Waals surface area (Å²) in [5, 5.41) is 6.17. The second-order valence-corrected chi connectivity index (χ2v) is 20.6. The largest absolute Gasteiger partial charge is 0.483 e. The maximum Gasteiger partial charge on any atom is 0.308 e. The SMILES string of the molecule is C.CC(=O)Oc1ccc(C[N+]2(CC(=O)C[C@@H](CCc3ccccc3)C(=O)N[C@@H](CC(C)C)C(=O)C[C@@H](Cc3ccccc3)C(=O)N[C@@H](CC(C)C)C(=O)C3(C)CC3)CCOCC2)cc1OC/C(N)=C/NN. The number of rotatable bonds is 29. The Balaban J connectivity index is 0.0000110. The van der Waals surface area contributed by atoms with E-state index in [9.17, 15) is 28.8 Å². The quantitative estimate of drug-likeness (QED) is 0.0162. The van der Waals surface area contributed by atoms with Gasteiger partial charge in [0.1, 0.15) is 32.8 Å². The van der Waals surface area contributed by atoms with Crippen molar-refractivity contribution in [2.75, 3.05) is 39.5 Å². The van der Waals surface area contributed by atoms with E-state index in [1.54, 1.807) is 12.1 Å². The second kappa shape index (κ2) is 27.6. The van der Waals surface area contributed by atoms with Crippen LogP contribution >= 0.6 is 0 Å². The second-order valence-electron chi connectivity index (χ2n) is 20.6. The highest BCUT2D eigenvalue weighted by Crippen LogP contribution is 2.47. The Morgan fingerprint density at radius 2 is 1.37 bits per heavy atom. The molecule has 2 fully saturated rings. The number of carbonyl (C=O) groups is 6. The number of hydrazine groups is 1. The number of hydrogen-bond acceptors (Lipinski definition) is 12. The maximum absolute atomic E-state index is 14.7. The molecule has 3 aromatic rings. The number of nitrogens with zero attached hydrogens (tertiary/aromatic N) is 1. The molecule has 5 rings (SSSR count). The predicted octanol–water partition coefficient (Wildman–Crippen LogP) is 6.69. The monoisotopic (exact) mass is 982 g/mol. The first-order valence-corrected chi connectivity index (χ1v) is 24.9. The lowest BCUT2D eigenvalue weighted by atomic mass is 9.87. The smallest absolute Gasteiger partial charge is 0.308 e. The molecule has 2 aliphatic rings. The van der Waals surface area contributed by atoms with Gasteiger partial charge >= 0.3 is 5.97 Å². The van der Waals surface area contributed by atoms with E-state index in [4.69, 9.17) is 25.8 Å². The first kappa shape index (κ1) is 57.7. The minimum Gasteiger partial charge on any atom is -0.483 e. The molecule has 1 saturated heterocycles. The van der Waals surface area contributed by atoms with Crippen LogP contribution in [-0.2, 0) is 52.9 Å². The molecule has 71 heavy (non-hydrogen) atoms. The number of nitrogens with two attached hydrogens (primary N) is 2. The van der Waals surface area contributed by atoms with Gasteiger partial charge in [-0.15, -0.1) is 0 Å². The molecule has 0 aromatic heterocycles. The molecule has 2 amide bonds. The Hall–Kier alpha value is -5.90. The molecule has 1 heterocycles. The third-order valence-electron chi connectivity index (χ3n) is 13.3. The highest BCUT2D eigenvalue weighted by Gasteiger charge is 2.48. The summed E-state index contributed by atoms with van der Waals surface area (Å²) in [5.41, 5.74) is 11.0. The number of benzene rings is 3. The number of amides is 2. The van der Waals surface area contributed by atoms with Crippen molar-refractivity contribution in [1.82, 2.24) is 16.1 Å². The minimum absolute atomic E-state index is 0. The van der Waals surface area contributed by atoms with Crippen LogP contribution in [0.2, 0.25) is 0 Å². The van der Waals surface area contributed by atoms with Crippen LogP contribution < -0.4 is 37.1 Å². The van der Waals surface area contributed by atoms with Gasteiger partial charge in [-0.3, -0.25) is 34.6 Å². The molecule has 0 spiro atoms. The topological polar surface area (TPSA) is 218 Å². The highest BCUT2D eigenvalue weighted by molar-refractivity contribution is 5.97. The molecule has 388 valence electrons. The van der Waals surface area contributed by atoms with Crippen LogP contribution in [-0.4, -0.2) is 91.2 Å². The Bertz CT molecular complexity index is 2260. The Labute approximate surface area is 421 Å². The number of Topliss-reactive ketones (excluding diaryl/α,β-unsaturated/α-hetero) is 3. The van der Waals surface area contributed by atoms with E-state index in [-0.39, 0.29) is 86.6 Å². The van der Waals surface area contributed by atoms with Gasteiger partial charge in [-0.05, 0) is 86.1 Å². The third-order valence-corrected chi connectivity index (χ3v) is 13.3. The van der Waals surface area contributed by atoms with Crippen molar-refractivity contribution in [2.24, 2.45) is 40.7 Å². The van der Waals surface area contributed by atoms with Crippen molar-refractivity contribution in [1.29, 1.82) is 0 Å². The molecule has 7 N–H and O–H groups in total. The lowest BCUT2D eigenvalue weighted by Crippen LogP contribution is -2.57. The van der Waals surface area contributed by atoms with E-state index in [1.165, 1.54) is 13.1 Å². The lowest BCUT2D eigenvalue weighted by Gasteiger charge is -2.41. The van der Waals surface area contributed by atoms with Gasteiger partial charge in [0.2, 0.25) is 11.8 Å². The fourth-order valence-electron chi connectivity index (χ4n) is 9.25. The summed E-state index contributed by atoms with van der Waals surface area (Å²) in [4.78, 5) is 83.7. The highest BCUT2D eigenvalue weighted by atomic mass is 16.6. The molecule has 1 aliphatic heterocycles. The summed E-state index contributed by atoms with van der Waals surface area (Å²) in [5.74, 6) is 2.92. The zero-order chi connectivity index (χ0) is 50.8. The maximum atomic E-state index is 14.7. The molecule has 1 aliphatic carbocycles. The summed E-state index contributed by atoms with van der Waals surface area (Å²) in [6.45, 7) is 13.7. The van der Waals surface area contributed by atoms with Crippen molar-refractivity contribution in [3.05, 3.63) is 107 Å². The van der Waals surface area contributed by atoms with Crippen molar-refractivity contribution in [2.45, 2.75) is 125 Å². The van der Waals surface area contributed by atoms with Gasteiger partial charge in [0.25, 0.3) is 0 Å².